The molecular formula is C20H17ClF2N2O2S. The van der Waals surface area contributed by atoms with Gasteiger partial charge in [-0.15, -0.1) is 11.3 Å². The summed E-state index contributed by atoms with van der Waals surface area (Å²) in [6.07, 6.45) is 0. The molecule has 1 saturated heterocycles. The van der Waals surface area contributed by atoms with Crippen LogP contribution in [0.2, 0.25) is 5.02 Å². The first-order valence-electron chi connectivity index (χ1n) is 8.79. The molecule has 0 bridgehead atoms. The number of hydrogen-bond donors (Lipinski definition) is 0. The third kappa shape index (κ3) is 3.77. The molecule has 0 unspecified atom stereocenters. The number of ether oxygens (including phenoxy) is 1. The fraction of sp³-hybridized carbons (Fsp3) is 0.250. The van der Waals surface area contributed by atoms with Crippen molar-refractivity contribution in [2.45, 2.75) is 6.61 Å². The van der Waals surface area contributed by atoms with E-state index in [0.717, 1.165) is 18.8 Å². The first-order valence-corrected chi connectivity index (χ1v) is 9.98. The average Bonchev–Trinajstić information content (AvgIpc) is 3.04. The van der Waals surface area contributed by atoms with Crippen LogP contribution in [-0.2, 0) is 0 Å². The minimum Gasteiger partial charge on any atom is -0.435 e. The molecule has 1 amide bonds. The Morgan fingerprint density at radius 1 is 1.07 bits per heavy atom. The van der Waals surface area contributed by atoms with Crippen LogP contribution in [-0.4, -0.2) is 43.6 Å². The van der Waals surface area contributed by atoms with E-state index in [1.54, 1.807) is 11.0 Å². The SMILES string of the molecule is O=C(c1sc2cc(OC(F)F)ccc2c1Cl)N1CCN(c2ccccc2)CC1. The molecule has 1 fully saturated rings. The molecule has 2 heterocycles. The highest BCUT2D eigenvalue weighted by atomic mass is 35.5. The summed E-state index contributed by atoms with van der Waals surface area (Å²) in [4.78, 5) is 17.4. The molecule has 8 heteroatoms. The number of hydrogen-bond acceptors (Lipinski definition) is 4. The van der Waals surface area contributed by atoms with Gasteiger partial charge in [0.05, 0.1) is 5.02 Å². The quantitative estimate of drug-likeness (QED) is 0.585. The molecule has 0 aliphatic carbocycles. The zero-order valence-electron chi connectivity index (χ0n) is 14.8. The minimum absolute atomic E-state index is 0.0518. The summed E-state index contributed by atoms with van der Waals surface area (Å²) in [7, 11) is 0. The largest absolute Gasteiger partial charge is 0.435 e. The van der Waals surface area contributed by atoms with Crippen molar-refractivity contribution >= 4 is 44.6 Å². The van der Waals surface area contributed by atoms with Gasteiger partial charge in [-0.1, -0.05) is 29.8 Å². The topological polar surface area (TPSA) is 32.8 Å². The molecule has 2 aromatic carbocycles. The monoisotopic (exact) mass is 422 g/mol. The van der Waals surface area contributed by atoms with E-state index in [4.69, 9.17) is 11.6 Å². The number of carbonyl (C=O) groups is 1. The van der Waals surface area contributed by atoms with E-state index in [9.17, 15) is 13.6 Å². The Hall–Kier alpha value is -2.38. The van der Waals surface area contributed by atoms with Crippen molar-refractivity contribution in [1.82, 2.24) is 4.90 Å². The standard InChI is InChI=1S/C20H17ClF2N2O2S/c21-17-15-7-6-14(27-20(22)23)12-16(15)28-18(17)19(26)25-10-8-24(9-11-25)13-4-2-1-3-5-13/h1-7,12,20H,8-11H2. The van der Waals surface area contributed by atoms with Gasteiger partial charge in [-0.25, -0.2) is 0 Å². The minimum atomic E-state index is -2.89. The van der Waals surface area contributed by atoms with Crippen LogP contribution in [0.25, 0.3) is 10.1 Å². The Bertz CT molecular complexity index is 989. The van der Waals surface area contributed by atoms with Gasteiger partial charge in [-0.2, -0.15) is 8.78 Å². The van der Waals surface area contributed by atoms with E-state index in [1.165, 1.54) is 23.5 Å². The summed E-state index contributed by atoms with van der Waals surface area (Å²) < 4.78 is 29.9. The summed E-state index contributed by atoms with van der Waals surface area (Å²) in [6, 6.07) is 14.6. The van der Waals surface area contributed by atoms with Gasteiger partial charge in [-0.05, 0) is 30.3 Å². The van der Waals surface area contributed by atoms with Crippen molar-refractivity contribution in [2.75, 3.05) is 31.1 Å². The molecule has 4 rings (SSSR count). The van der Waals surface area contributed by atoms with Crippen LogP contribution in [0, 0.1) is 0 Å². The van der Waals surface area contributed by atoms with Gasteiger partial charge in [0.15, 0.2) is 0 Å². The van der Waals surface area contributed by atoms with Gasteiger partial charge in [0, 0.05) is 42.0 Å². The summed E-state index contributed by atoms with van der Waals surface area (Å²) >= 11 is 7.62. The van der Waals surface area contributed by atoms with Gasteiger partial charge in [0.25, 0.3) is 5.91 Å². The van der Waals surface area contributed by atoms with Crippen molar-refractivity contribution in [2.24, 2.45) is 0 Å². The Morgan fingerprint density at radius 2 is 1.79 bits per heavy atom. The highest BCUT2D eigenvalue weighted by Gasteiger charge is 2.26. The molecule has 4 nitrogen and oxygen atoms in total. The molecule has 0 spiro atoms. The fourth-order valence-corrected chi connectivity index (χ4v) is 4.82. The molecule has 0 atom stereocenters. The van der Waals surface area contributed by atoms with Crippen molar-refractivity contribution < 1.29 is 18.3 Å². The van der Waals surface area contributed by atoms with Gasteiger partial charge in [0.1, 0.15) is 10.6 Å². The number of amides is 1. The van der Waals surface area contributed by atoms with Crippen molar-refractivity contribution in [1.29, 1.82) is 0 Å². The summed E-state index contributed by atoms with van der Waals surface area (Å²) in [5, 5.41) is 1.03. The van der Waals surface area contributed by atoms with Crippen LogP contribution in [0.1, 0.15) is 9.67 Å². The molecular weight excluding hydrogens is 406 g/mol. The zero-order chi connectivity index (χ0) is 19.7. The predicted octanol–water partition coefficient (Wildman–Crippen LogP) is 5.12. The highest BCUT2D eigenvalue weighted by Crippen LogP contribution is 2.38. The van der Waals surface area contributed by atoms with Crippen molar-refractivity contribution in [3.8, 4) is 5.75 Å². The number of rotatable bonds is 4. The number of para-hydroxylation sites is 1. The lowest BCUT2D eigenvalue weighted by Gasteiger charge is -2.36. The molecule has 0 radical (unpaired) electrons. The van der Waals surface area contributed by atoms with Crippen LogP contribution in [0.5, 0.6) is 5.75 Å². The Morgan fingerprint density at radius 3 is 2.46 bits per heavy atom. The maximum Gasteiger partial charge on any atom is 0.387 e. The number of alkyl halides is 2. The lowest BCUT2D eigenvalue weighted by molar-refractivity contribution is -0.0497. The number of nitrogens with zero attached hydrogens (tertiary/aromatic N) is 2. The molecule has 1 aliphatic heterocycles. The van der Waals surface area contributed by atoms with Crippen molar-refractivity contribution in [3.05, 3.63) is 58.4 Å². The molecule has 0 saturated carbocycles. The lowest BCUT2D eigenvalue weighted by Crippen LogP contribution is -2.48. The molecule has 0 N–H and O–H groups in total. The second-order valence-electron chi connectivity index (χ2n) is 6.40. The summed E-state index contributed by atoms with van der Waals surface area (Å²) in [6.45, 7) is -0.222. The van der Waals surface area contributed by atoms with Gasteiger partial charge >= 0.3 is 6.61 Å². The summed E-state index contributed by atoms with van der Waals surface area (Å²) in [5.41, 5.74) is 1.14. The number of halogens is 3. The molecule has 1 aliphatic rings. The predicted molar refractivity (Wildman–Crippen MR) is 108 cm³/mol. The van der Waals surface area contributed by atoms with Gasteiger partial charge in [-0.3, -0.25) is 4.79 Å². The number of piperazine rings is 1. The highest BCUT2D eigenvalue weighted by molar-refractivity contribution is 7.21. The van der Waals surface area contributed by atoms with E-state index in [0.29, 0.717) is 33.1 Å². The van der Waals surface area contributed by atoms with E-state index in [2.05, 4.69) is 21.8 Å². The molecule has 146 valence electrons. The van der Waals surface area contributed by atoms with E-state index >= 15 is 0 Å². The van der Waals surface area contributed by atoms with Crippen LogP contribution < -0.4 is 9.64 Å². The van der Waals surface area contributed by atoms with Crippen LogP contribution in [0.4, 0.5) is 14.5 Å². The maximum absolute atomic E-state index is 13.0. The Kier molecular flexibility index (Phi) is 5.37. The second-order valence-corrected chi connectivity index (χ2v) is 7.83. The third-order valence-corrected chi connectivity index (χ3v) is 6.35. The van der Waals surface area contributed by atoms with E-state index < -0.39 is 6.61 Å². The van der Waals surface area contributed by atoms with Crippen LogP contribution >= 0.6 is 22.9 Å². The first kappa shape index (κ1) is 19.0. The third-order valence-electron chi connectivity index (χ3n) is 4.71. The van der Waals surface area contributed by atoms with E-state index in [1.807, 2.05) is 18.2 Å². The number of anilines is 1. The smallest absolute Gasteiger partial charge is 0.387 e. The fourth-order valence-electron chi connectivity index (χ4n) is 3.31. The van der Waals surface area contributed by atoms with Crippen LogP contribution in [0.3, 0.4) is 0 Å². The van der Waals surface area contributed by atoms with Gasteiger partial charge in [0.2, 0.25) is 0 Å². The molecule has 3 aromatic rings. The Labute approximate surface area is 169 Å². The maximum atomic E-state index is 13.0. The number of benzene rings is 2. The average molecular weight is 423 g/mol. The molecule has 28 heavy (non-hydrogen) atoms. The number of fused-ring (bicyclic) bond motifs is 1. The van der Waals surface area contributed by atoms with E-state index in [-0.39, 0.29) is 11.7 Å². The van der Waals surface area contributed by atoms with Crippen LogP contribution in [0.15, 0.2) is 48.5 Å². The molecule has 1 aromatic heterocycles. The number of thiophene rings is 1. The first-order chi connectivity index (χ1) is 13.5. The Balaban J connectivity index is 1.50. The van der Waals surface area contributed by atoms with Crippen molar-refractivity contribution in [3.63, 3.8) is 0 Å². The number of carbonyl (C=O) groups excluding carboxylic acids is 1. The van der Waals surface area contributed by atoms with Gasteiger partial charge < -0.3 is 14.5 Å². The lowest BCUT2D eigenvalue weighted by atomic mass is 10.2. The second kappa shape index (κ2) is 7.93. The summed E-state index contributed by atoms with van der Waals surface area (Å²) in [5.74, 6) is -0.0777. The normalized spacial score (nSPS) is 14.7. The zero-order valence-corrected chi connectivity index (χ0v) is 16.4.